The lowest BCUT2D eigenvalue weighted by Gasteiger charge is -2.04. The van der Waals surface area contributed by atoms with Gasteiger partial charge in [0.25, 0.3) is 0 Å². The van der Waals surface area contributed by atoms with Gasteiger partial charge < -0.3 is 4.57 Å². The van der Waals surface area contributed by atoms with Gasteiger partial charge in [-0.25, -0.2) is 0 Å². The van der Waals surface area contributed by atoms with E-state index in [2.05, 4.69) is 12.6 Å². The Kier molecular flexibility index (Phi) is 7.89. The highest BCUT2D eigenvalue weighted by atomic mass is 32.1. The number of hydrogen-bond acceptors (Lipinski definition) is 2. The predicted octanol–water partition coefficient (Wildman–Crippen LogP) is 3.51. The zero-order chi connectivity index (χ0) is 12.3. The minimum Gasteiger partial charge on any atom is -0.316 e. The van der Waals surface area contributed by atoms with Gasteiger partial charge >= 0.3 is 0 Å². The largest absolute Gasteiger partial charge is 0.316 e. The zero-order valence-corrected chi connectivity index (χ0v) is 11.4. The smallest absolute Gasteiger partial charge is 0.250 e. The zero-order valence-electron chi connectivity index (χ0n) is 10.5. The van der Waals surface area contributed by atoms with Crippen LogP contribution in [0.2, 0.25) is 0 Å². The number of pyridine rings is 1. The first kappa shape index (κ1) is 14.4. The summed E-state index contributed by atoms with van der Waals surface area (Å²) in [6.45, 7) is 0.857. The molecule has 0 aromatic carbocycles. The van der Waals surface area contributed by atoms with Crippen molar-refractivity contribution in [3.05, 3.63) is 34.7 Å². The number of unbranched alkanes of at least 4 members (excludes halogenated alkanes) is 6. The summed E-state index contributed by atoms with van der Waals surface area (Å²) in [6, 6.07) is 5.33. The van der Waals surface area contributed by atoms with E-state index in [4.69, 9.17) is 0 Å². The van der Waals surface area contributed by atoms with Crippen LogP contribution in [0.4, 0.5) is 0 Å². The molecule has 0 saturated carbocycles. The van der Waals surface area contributed by atoms with Gasteiger partial charge in [0.2, 0.25) is 5.56 Å². The molecule has 0 spiro atoms. The van der Waals surface area contributed by atoms with Crippen molar-refractivity contribution in [2.24, 2.45) is 0 Å². The SMILES string of the molecule is O=c1ccccn1CCCCCCCCCS. The molecule has 1 heterocycles. The molecule has 0 atom stereocenters. The van der Waals surface area contributed by atoms with E-state index < -0.39 is 0 Å². The van der Waals surface area contributed by atoms with E-state index in [9.17, 15) is 4.79 Å². The van der Waals surface area contributed by atoms with Gasteiger partial charge in [-0.05, 0) is 24.7 Å². The minimum atomic E-state index is 0.112. The Labute approximate surface area is 109 Å². The van der Waals surface area contributed by atoms with Crippen molar-refractivity contribution >= 4 is 12.6 Å². The molecule has 0 amide bonds. The van der Waals surface area contributed by atoms with Crippen molar-refractivity contribution in [2.45, 2.75) is 51.5 Å². The molecule has 3 heteroatoms. The van der Waals surface area contributed by atoms with Gasteiger partial charge in [-0.2, -0.15) is 12.6 Å². The Morgan fingerprint density at radius 2 is 1.59 bits per heavy atom. The lowest BCUT2D eigenvalue weighted by Crippen LogP contribution is -2.17. The van der Waals surface area contributed by atoms with E-state index in [0.29, 0.717) is 0 Å². The van der Waals surface area contributed by atoms with Crippen molar-refractivity contribution in [1.29, 1.82) is 0 Å². The molecule has 0 aliphatic rings. The van der Waals surface area contributed by atoms with Crippen molar-refractivity contribution in [1.82, 2.24) is 4.57 Å². The summed E-state index contributed by atoms with van der Waals surface area (Å²) in [5.41, 5.74) is 0.112. The molecule has 0 N–H and O–H groups in total. The maximum absolute atomic E-state index is 11.4. The van der Waals surface area contributed by atoms with Crippen LogP contribution in [0.1, 0.15) is 44.9 Å². The molecule has 0 radical (unpaired) electrons. The van der Waals surface area contributed by atoms with E-state index in [1.807, 2.05) is 12.3 Å². The van der Waals surface area contributed by atoms with Crippen molar-refractivity contribution in [3.8, 4) is 0 Å². The van der Waals surface area contributed by atoms with Crippen LogP contribution in [0.5, 0.6) is 0 Å². The van der Waals surface area contributed by atoms with E-state index in [-0.39, 0.29) is 5.56 Å². The molecule has 0 unspecified atom stereocenters. The molecule has 0 bridgehead atoms. The molecule has 17 heavy (non-hydrogen) atoms. The molecular weight excluding hydrogens is 230 g/mol. The first-order chi connectivity index (χ1) is 8.34. The van der Waals surface area contributed by atoms with Gasteiger partial charge in [0.05, 0.1) is 0 Å². The number of aromatic nitrogens is 1. The summed E-state index contributed by atoms with van der Waals surface area (Å²) in [6.07, 6.45) is 10.7. The third-order valence-electron chi connectivity index (χ3n) is 2.96. The Balaban J connectivity index is 2.01. The monoisotopic (exact) mass is 253 g/mol. The number of aryl methyl sites for hydroxylation is 1. The Morgan fingerprint density at radius 1 is 0.941 bits per heavy atom. The van der Waals surface area contributed by atoms with Gasteiger partial charge in [-0.1, -0.05) is 38.2 Å². The summed E-state index contributed by atoms with van der Waals surface area (Å²) in [7, 11) is 0. The fraction of sp³-hybridized carbons (Fsp3) is 0.643. The number of nitrogens with zero attached hydrogens (tertiary/aromatic N) is 1. The second-order valence-electron chi connectivity index (χ2n) is 4.43. The van der Waals surface area contributed by atoms with E-state index in [1.165, 1.54) is 38.5 Å². The Morgan fingerprint density at radius 3 is 2.24 bits per heavy atom. The highest BCUT2D eigenvalue weighted by molar-refractivity contribution is 7.80. The molecule has 0 fully saturated rings. The van der Waals surface area contributed by atoms with E-state index >= 15 is 0 Å². The van der Waals surface area contributed by atoms with Gasteiger partial charge in [0.1, 0.15) is 0 Å². The lowest BCUT2D eigenvalue weighted by atomic mass is 10.1. The van der Waals surface area contributed by atoms with Gasteiger partial charge in [0, 0.05) is 18.8 Å². The normalized spacial score (nSPS) is 10.6. The molecule has 1 aromatic rings. The summed E-state index contributed by atoms with van der Waals surface area (Å²) < 4.78 is 1.79. The van der Waals surface area contributed by atoms with Crippen LogP contribution in [0.15, 0.2) is 29.2 Å². The standard InChI is InChI=1S/C14H23NOS/c16-14-10-6-8-12-15(14)11-7-4-2-1-3-5-9-13-17/h6,8,10,12,17H,1-5,7,9,11,13H2. The average Bonchev–Trinajstić information content (AvgIpc) is 2.35. The first-order valence-corrected chi connectivity index (χ1v) is 7.24. The van der Waals surface area contributed by atoms with Crippen LogP contribution < -0.4 is 5.56 Å². The number of rotatable bonds is 9. The second-order valence-corrected chi connectivity index (χ2v) is 4.88. The average molecular weight is 253 g/mol. The van der Waals surface area contributed by atoms with Crippen molar-refractivity contribution in [2.75, 3.05) is 5.75 Å². The fourth-order valence-electron chi connectivity index (χ4n) is 1.92. The third kappa shape index (κ3) is 6.57. The molecule has 1 rings (SSSR count). The summed E-state index contributed by atoms with van der Waals surface area (Å²) >= 11 is 4.20. The van der Waals surface area contributed by atoms with Crippen molar-refractivity contribution < 1.29 is 0 Å². The van der Waals surface area contributed by atoms with Crippen LogP contribution in [0, 0.1) is 0 Å². The van der Waals surface area contributed by atoms with Crippen LogP contribution >= 0.6 is 12.6 Å². The quantitative estimate of drug-likeness (QED) is 0.528. The maximum Gasteiger partial charge on any atom is 0.250 e. The Bertz CT molecular complexity index is 348. The van der Waals surface area contributed by atoms with Gasteiger partial charge in [0.15, 0.2) is 0 Å². The van der Waals surface area contributed by atoms with Crippen LogP contribution in [0.25, 0.3) is 0 Å². The molecule has 1 aromatic heterocycles. The molecular formula is C14H23NOS. The summed E-state index contributed by atoms with van der Waals surface area (Å²) in [4.78, 5) is 11.4. The maximum atomic E-state index is 11.4. The van der Waals surface area contributed by atoms with Gasteiger partial charge in [-0.15, -0.1) is 0 Å². The molecule has 0 saturated heterocycles. The van der Waals surface area contributed by atoms with Crippen LogP contribution in [0.3, 0.4) is 0 Å². The first-order valence-electron chi connectivity index (χ1n) is 6.61. The molecule has 96 valence electrons. The highest BCUT2D eigenvalue weighted by Gasteiger charge is 1.94. The fourth-order valence-corrected chi connectivity index (χ4v) is 2.15. The lowest BCUT2D eigenvalue weighted by molar-refractivity contribution is 0.543. The number of thiol groups is 1. The van der Waals surface area contributed by atoms with Crippen LogP contribution in [-0.2, 0) is 6.54 Å². The molecule has 0 aliphatic heterocycles. The number of hydrogen-bond donors (Lipinski definition) is 1. The second kappa shape index (κ2) is 9.34. The predicted molar refractivity (Wildman–Crippen MR) is 76.9 cm³/mol. The summed E-state index contributed by atoms with van der Waals surface area (Å²) in [5.74, 6) is 1.01. The van der Waals surface area contributed by atoms with Gasteiger partial charge in [-0.3, -0.25) is 4.79 Å². The highest BCUT2D eigenvalue weighted by Crippen LogP contribution is 2.08. The van der Waals surface area contributed by atoms with Crippen molar-refractivity contribution in [3.63, 3.8) is 0 Å². The Hall–Kier alpha value is -0.700. The van der Waals surface area contributed by atoms with E-state index in [1.54, 1.807) is 16.7 Å². The molecule has 2 nitrogen and oxygen atoms in total. The van der Waals surface area contributed by atoms with E-state index in [0.717, 1.165) is 18.7 Å². The summed E-state index contributed by atoms with van der Waals surface area (Å²) in [5, 5.41) is 0. The minimum absolute atomic E-state index is 0.112. The third-order valence-corrected chi connectivity index (χ3v) is 3.27. The topological polar surface area (TPSA) is 22.0 Å². The molecule has 0 aliphatic carbocycles. The van der Waals surface area contributed by atoms with Crippen LogP contribution in [-0.4, -0.2) is 10.3 Å².